The van der Waals surface area contributed by atoms with E-state index < -0.39 is 17.7 Å². The van der Waals surface area contributed by atoms with Crippen molar-refractivity contribution in [2.75, 3.05) is 7.05 Å². The number of thiazole rings is 1. The third-order valence-electron chi connectivity index (χ3n) is 3.15. The summed E-state index contributed by atoms with van der Waals surface area (Å²) in [7, 11) is 1.70. The first-order valence-corrected chi connectivity index (χ1v) is 6.88. The summed E-state index contributed by atoms with van der Waals surface area (Å²) in [4.78, 5) is 5.55. The van der Waals surface area contributed by atoms with Crippen molar-refractivity contribution in [1.29, 1.82) is 0 Å². The SMILES string of the molecule is CNC(Cc1nc(C)c(C)s1)c1c(F)cccc1F. The Morgan fingerprint density at radius 3 is 2.37 bits per heavy atom. The van der Waals surface area contributed by atoms with E-state index in [1.165, 1.54) is 18.2 Å². The number of aryl methyl sites for hydroxylation is 2. The minimum atomic E-state index is -0.524. The van der Waals surface area contributed by atoms with Crippen LogP contribution in [0.1, 0.15) is 27.2 Å². The summed E-state index contributed by atoms with van der Waals surface area (Å²) in [5.74, 6) is -1.05. The lowest BCUT2D eigenvalue weighted by molar-refractivity contribution is 0.489. The Hall–Kier alpha value is -1.33. The van der Waals surface area contributed by atoms with Gasteiger partial charge in [0.05, 0.1) is 10.7 Å². The first-order valence-electron chi connectivity index (χ1n) is 6.07. The lowest BCUT2D eigenvalue weighted by atomic mass is 10.0. The second kappa shape index (κ2) is 5.75. The average Bonchev–Trinajstić information content (AvgIpc) is 2.67. The van der Waals surface area contributed by atoms with E-state index in [-0.39, 0.29) is 5.56 Å². The fourth-order valence-electron chi connectivity index (χ4n) is 1.99. The molecule has 5 heteroatoms. The second-order valence-corrected chi connectivity index (χ2v) is 5.72. The van der Waals surface area contributed by atoms with E-state index in [0.29, 0.717) is 6.42 Å². The van der Waals surface area contributed by atoms with Gasteiger partial charge in [0.25, 0.3) is 0 Å². The molecule has 0 aliphatic rings. The summed E-state index contributed by atoms with van der Waals surface area (Å²) < 4.78 is 27.6. The number of nitrogens with zero attached hydrogens (tertiary/aromatic N) is 1. The van der Waals surface area contributed by atoms with Crippen molar-refractivity contribution in [3.05, 3.63) is 51.0 Å². The zero-order valence-corrected chi connectivity index (χ0v) is 11.9. The van der Waals surface area contributed by atoms with Crippen LogP contribution in [-0.4, -0.2) is 12.0 Å². The summed E-state index contributed by atoms with van der Waals surface area (Å²) in [6, 6.07) is 3.52. The molecule has 0 bridgehead atoms. The van der Waals surface area contributed by atoms with E-state index in [1.807, 2.05) is 13.8 Å². The van der Waals surface area contributed by atoms with Gasteiger partial charge in [-0.25, -0.2) is 13.8 Å². The summed E-state index contributed by atoms with van der Waals surface area (Å²) in [6.07, 6.45) is 0.480. The predicted octanol–water partition coefficient (Wildman–Crippen LogP) is 3.54. The minimum Gasteiger partial charge on any atom is -0.312 e. The van der Waals surface area contributed by atoms with Gasteiger partial charge in [-0.3, -0.25) is 0 Å². The third-order valence-corrected chi connectivity index (χ3v) is 4.24. The van der Waals surface area contributed by atoms with Crippen LogP contribution in [-0.2, 0) is 6.42 Å². The summed E-state index contributed by atoms with van der Waals surface area (Å²) in [6.45, 7) is 3.93. The lowest BCUT2D eigenvalue weighted by Crippen LogP contribution is -2.21. The molecule has 2 rings (SSSR count). The van der Waals surface area contributed by atoms with Gasteiger partial charge >= 0.3 is 0 Å². The number of hydrogen-bond donors (Lipinski definition) is 1. The van der Waals surface area contributed by atoms with Crippen LogP contribution in [0.2, 0.25) is 0 Å². The predicted molar refractivity (Wildman–Crippen MR) is 73.5 cm³/mol. The Morgan fingerprint density at radius 2 is 1.89 bits per heavy atom. The van der Waals surface area contributed by atoms with Gasteiger partial charge < -0.3 is 5.32 Å². The van der Waals surface area contributed by atoms with Crippen LogP contribution < -0.4 is 5.32 Å². The topological polar surface area (TPSA) is 24.9 Å². The molecule has 0 saturated heterocycles. The Kier molecular flexibility index (Phi) is 4.27. The molecule has 2 aromatic rings. The van der Waals surface area contributed by atoms with Gasteiger partial charge in [-0.05, 0) is 33.0 Å². The Balaban J connectivity index is 2.30. The molecule has 19 heavy (non-hydrogen) atoms. The molecule has 0 spiro atoms. The van der Waals surface area contributed by atoms with Crippen LogP contribution in [0.4, 0.5) is 8.78 Å². The van der Waals surface area contributed by atoms with Crippen molar-refractivity contribution in [3.63, 3.8) is 0 Å². The molecule has 0 aliphatic heterocycles. The van der Waals surface area contributed by atoms with Crippen molar-refractivity contribution in [2.24, 2.45) is 0 Å². The number of rotatable bonds is 4. The molecule has 0 radical (unpaired) electrons. The van der Waals surface area contributed by atoms with E-state index in [2.05, 4.69) is 10.3 Å². The highest BCUT2D eigenvalue weighted by molar-refractivity contribution is 7.11. The molecule has 1 aromatic heterocycles. The number of hydrogen-bond acceptors (Lipinski definition) is 3. The molecule has 2 nitrogen and oxygen atoms in total. The first-order chi connectivity index (χ1) is 9.02. The Labute approximate surface area is 115 Å². The van der Waals surface area contributed by atoms with Gasteiger partial charge in [-0.15, -0.1) is 11.3 Å². The highest BCUT2D eigenvalue weighted by Gasteiger charge is 2.20. The third kappa shape index (κ3) is 2.98. The van der Waals surface area contributed by atoms with E-state index in [4.69, 9.17) is 0 Å². The monoisotopic (exact) mass is 282 g/mol. The molecule has 1 unspecified atom stereocenters. The van der Waals surface area contributed by atoms with Gasteiger partial charge in [0, 0.05) is 22.9 Å². The van der Waals surface area contributed by atoms with Crippen molar-refractivity contribution in [1.82, 2.24) is 10.3 Å². The van der Waals surface area contributed by atoms with Crippen LogP contribution >= 0.6 is 11.3 Å². The maximum absolute atomic E-state index is 13.8. The van der Waals surface area contributed by atoms with E-state index in [9.17, 15) is 8.78 Å². The molecule has 102 valence electrons. The molecule has 1 atom stereocenters. The number of halogens is 2. The molecule has 0 fully saturated rings. The highest BCUT2D eigenvalue weighted by Crippen LogP contribution is 2.26. The van der Waals surface area contributed by atoms with Crippen LogP contribution in [0.3, 0.4) is 0 Å². The molecule has 1 aromatic carbocycles. The Morgan fingerprint density at radius 1 is 1.26 bits per heavy atom. The van der Waals surface area contributed by atoms with Crippen LogP contribution in [0, 0.1) is 25.5 Å². The zero-order chi connectivity index (χ0) is 14.0. The molecular formula is C14H16F2N2S. The van der Waals surface area contributed by atoms with Gasteiger partial charge in [0.2, 0.25) is 0 Å². The molecular weight excluding hydrogens is 266 g/mol. The second-order valence-electron chi connectivity index (χ2n) is 4.43. The summed E-state index contributed by atoms with van der Waals surface area (Å²) in [5, 5.41) is 3.85. The highest BCUT2D eigenvalue weighted by atomic mass is 32.1. The number of nitrogens with one attached hydrogen (secondary N) is 1. The minimum absolute atomic E-state index is 0.0792. The largest absolute Gasteiger partial charge is 0.312 e. The van der Waals surface area contributed by atoms with Crippen LogP contribution in [0.25, 0.3) is 0 Å². The van der Waals surface area contributed by atoms with Gasteiger partial charge in [-0.2, -0.15) is 0 Å². The summed E-state index contributed by atoms with van der Waals surface area (Å²) >= 11 is 1.57. The summed E-state index contributed by atoms with van der Waals surface area (Å²) in [5.41, 5.74) is 1.05. The van der Waals surface area contributed by atoms with Gasteiger partial charge in [0.15, 0.2) is 0 Å². The van der Waals surface area contributed by atoms with Crippen LogP contribution in [0.15, 0.2) is 18.2 Å². The van der Waals surface area contributed by atoms with E-state index >= 15 is 0 Å². The number of aromatic nitrogens is 1. The fourth-order valence-corrected chi connectivity index (χ4v) is 2.97. The number of benzene rings is 1. The van der Waals surface area contributed by atoms with Gasteiger partial charge in [0.1, 0.15) is 11.6 Å². The maximum atomic E-state index is 13.8. The maximum Gasteiger partial charge on any atom is 0.130 e. The quantitative estimate of drug-likeness (QED) is 0.927. The lowest BCUT2D eigenvalue weighted by Gasteiger charge is -2.16. The molecule has 1 N–H and O–H groups in total. The molecule has 0 amide bonds. The first kappa shape index (κ1) is 14.1. The molecule has 0 saturated carbocycles. The van der Waals surface area contributed by atoms with Crippen LogP contribution in [0.5, 0.6) is 0 Å². The Bertz CT molecular complexity index is 541. The number of likely N-dealkylation sites (N-methyl/N-ethyl adjacent to an activating group) is 1. The van der Waals surface area contributed by atoms with E-state index in [0.717, 1.165) is 15.6 Å². The van der Waals surface area contributed by atoms with Crippen molar-refractivity contribution in [2.45, 2.75) is 26.3 Å². The zero-order valence-electron chi connectivity index (χ0n) is 11.1. The standard InChI is InChI=1S/C14H16F2N2S/c1-8-9(2)19-13(18-8)7-12(17-3)14-10(15)5-4-6-11(14)16/h4-6,12,17H,7H2,1-3H3. The van der Waals surface area contributed by atoms with Crippen molar-refractivity contribution >= 4 is 11.3 Å². The van der Waals surface area contributed by atoms with Crippen molar-refractivity contribution < 1.29 is 8.78 Å². The average molecular weight is 282 g/mol. The molecule has 0 aliphatic carbocycles. The van der Waals surface area contributed by atoms with Crippen molar-refractivity contribution in [3.8, 4) is 0 Å². The van der Waals surface area contributed by atoms with Gasteiger partial charge in [-0.1, -0.05) is 6.07 Å². The smallest absolute Gasteiger partial charge is 0.130 e. The fraction of sp³-hybridized carbons (Fsp3) is 0.357. The normalized spacial score (nSPS) is 12.7. The molecule has 1 heterocycles. The van der Waals surface area contributed by atoms with E-state index in [1.54, 1.807) is 18.4 Å².